The van der Waals surface area contributed by atoms with E-state index in [0.29, 0.717) is 0 Å². The number of nitrogens with two attached hydrogens (primary N) is 1. The third-order valence-corrected chi connectivity index (χ3v) is 3.38. The van der Waals surface area contributed by atoms with Crippen molar-refractivity contribution in [1.29, 1.82) is 0 Å². The number of nitrogens with zero attached hydrogens (tertiary/aromatic N) is 1. The highest BCUT2D eigenvalue weighted by Crippen LogP contribution is 2.12. The molecular formula is C6H7ClN2O2S. The van der Waals surface area contributed by atoms with E-state index in [-0.39, 0.29) is 10.7 Å². The Morgan fingerprint density at radius 1 is 1.58 bits per heavy atom. The van der Waals surface area contributed by atoms with Crippen LogP contribution in [0.1, 0.15) is 0 Å². The number of pyridine rings is 1. The molecule has 4 nitrogen and oxygen atoms in total. The molecule has 0 bridgehead atoms. The molecule has 6 heteroatoms. The first-order valence-corrected chi connectivity index (χ1v) is 5.25. The summed E-state index contributed by atoms with van der Waals surface area (Å²) in [4.78, 5) is 3.76. The maximum atomic E-state index is 11.1. The lowest BCUT2D eigenvalue weighted by Crippen LogP contribution is -2.03. The van der Waals surface area contributed by atoms with Crippen molar-refractivity contribution in [1.82, 2.24) is 4.98 Å². The van der Waals surface area contributed by atoms with Crippen molar-refractivity contribution in [3.05, 3.63) is 18.3 Å². The van der Waals surface area contributed by atoms with Gasteiger partial charge in [0.25, 0.3) is 0 Å². The monoisotopic (exact) mass is 206 g/mol. The van der Waals surface area contributed by atoms with E-state index < -0.39 is 15.0 Å². The summed E-state index contributed by atoms with van der Waals surface area (Å²) in [6.45, 7) is 0. The summed E-state index contributed by atoms with van der Waals surface area (Å²) >= 11 is 5.23. The van der Waals surface area contributed by atoms with Gasteiger partial charge in [0.2, 0.25) is 0 Å². The molecule has 0 aliphatic rings. The van der Waals surface area contributed by atoms with Crippen LogP contribution in [0.2, 0.25) is 0 Å². The summed E-state index contributed by atoms with van der Waals surface area (Å²) in [7, 11) is -3.38. The van der Waals surface area contributed by atoms with Crippen LogP contribution in [0.3, 0.4) is 0 Å². The van der Waals surface area contributed by atoms with E-state index in [1.54, 1.807) is 0 Å². The molecular weight excluding hydrogens is 200 g/mol. The molecule has 2 N–H and O–H groups in total. The van der Waals surface area contributed by atoms with Gasteiger partial charge in [-0.25, -0.2) is 13.4 Å². The summed E-state index contributed by atoms with van der Waals surface area (Å²) in [6, 6.07) is 2.63. The Morgan fingerprint density at radius 3 is 2.75 bits per heavy atom. The van der Waals surface area contributed by atoms with E-state index >= 15 is 0 Å². The minimum Gasteiger partial charge on any atom is -0.384 e. The number of sulfone groups is 1. The van der Waals surface area contributed by atoms with Crippen molar-refractivity contribution in [2.45, 2.75) is 4.90 Å². The average molecular weight is 207 g/mol. The van der Waals surface area contributed by atoms with Gasteiger partial charge in [-0.15, -0.1) is 11.6 Å². The van der Waals surface area contributed by atoms with Gasteiger partial charge in [0.1, 0.15) is 11.0 Å². The number of anilines is 1. The largest absolute Gasteiger partial charge is 0.384 e. The molecule has 0 fully saturated rings. The lowest BCUT2D eigenvalue weighted by Gasteiger charge is -1.99. The van der Waals surface area contributed by atoms with Crippen LogP contribution in [0.5, 0.6) is 0 Å². The second-order valence-corrected chi connectivity index (χ2v) is 4.71. The number of hydrogen-bond donors (Lipinski definition) is 1. The maximum absolute atomic E-state index is 11.1. The molecule has 1 heterocycles. The minimum atomic E-state index is -3.38. The van der Waals surface area contributed by atoms with Crippen molar-refractivity contribution in [3.63, 3.8) is 0 Å². The Morgan fingerprint density at radius 2 is 2.25 bits per heavy atom. The molecule has 0 unspecified atom stereocenters. The number of halogens is 1. The zero-order valence-electron chi connectivity index (χ0n) is 6.07. The highest BCUT2D eigenvalue weighted by molar-refractivity contribution is 7.92. The normalized spacial score (nSPS) is 11.4. The van der Waals surface area contributed by atoms with Gasteiger partial charge in [0.15, 0.2) is 9.84 Å². The zero-order chi connectivity index (χ0) is 9.19. The molecule has 0 atom stereocenters. The van der Waals surface area contributed by atoms with E-state index in [0.717, 1.165) is 0 Å². The average Bonchev–Trinajstić information content (AvgIpc) is 2.05. The van der Waals surface area contributed by atoms with Gasteiger partial charge < -0.3 is 5.73 Å². The fourth-order valence-electron chi connectivity index (χ4n) is 0.684. The van der Waals surface area contributed by atoms with Crippen LogP contribution in [-0.2, 0) is 9.84 Å². The Labute approximate surface area is 75.3 Å². The standard InChI is InChI=1S/C6H7ClN2O2S/c7-4-12(10,11)5-1-2-9-6(8)3-5/h1-3H,4H2,(H2,8,9). The summed E-state index contributed by atoms with van der Waals surface area (Å²) in [5.41, 5.74) is 5.29. The molecule has 12 heavy (non-hydrogen) atoms. The molecule has 0 aliphatic carbocycles. The van der Waals surface area contributed by atoms with Crippen LogP contribution >= 0.6 is 11.6 Å². The molecule has 1 aromatic rings. The molecule has 0 spiro atoms. The van der Waals surface area contributed by atoms with E-state index in [1.807, 2.05) is 0 Å². The van der Waals surface area contributed by atoms with Crippen molar-refractivity contribution in [2.75, 3.05) is 10.9 Å². The Kier molecular flexibility index (Phi) is 2.54. The summed E-state index contributed by atoms with van der Waals surface area (Å²) in [5.74, 6) is 0.168. The van der Waals surface area contributed by atoms with Crippen molar-refractivity contribution >= 4 is 27.3 Å². The minimum absolute atomic E-state index is 0.102. The van der Waals surface area contributed by atoms with Gasteiger partial charge in [-0.3, -0.25) is 0 Å². The van der Waals surface area contributed by atoms with E-state index in [2.05, 4.69) is 4.98 Å². The Balaban J connectivity index is 3.21. The second-order valence-electron chi connectivity index (χ2n) is 2.14. The highest BCUT2D eigenvalue weighted by atomic mass is 35.5. The van der Waals surface area contributed by atoms with Gasteiger partial charge in [0.05, 0.1) is 4.90 Å². The number of rotatable bonds is 2. The molecule has 0 radical (unpaired) electrons. The Bertz CT molecular complexity index is 377. The highest BCUT2D eigenvalue weighted by Gasteiger charge is 2.12. The molecule has 0 saturated heterocycles. The van der Waals surface area contributed by atoms with Crippen LogP contribution in [0.25, 0.3) is 0 Å². The third-order valence-electron chi connectivity index (χ3n) is 1.26. The van der Waals surface area contributed by atoms with Crippen LogP contribution < -0.4 is 5.73 Å². The molecule has 66 valence electrons. The van der Waals surface area contributed by atoms with Gasteiger partial charge in [-0.05, 0) is 12.1 Å². The number of aromatic nitrogens is 1. The summed E-state index contributed by atoms with van der Waals surface area (Å²) in [5, 5.41) is -0.448. The van der Waals surface area contributed by atoms with Gasteiger partial charge in [-0.1, -0.05) is 0 Å². The summed E-state index contributed by atoms with van der Waals surface area (Å²) < 4.78 is 22.3. The van der Waals surface area contributed by atoms with E-state index in [1.165, 1.54) is 18.3 Å². The fraction of sp³-hybridized carbons (Fsp3) is 0.167. The quantitative estimate of drug-likeness (QED) is 0.721. The Hall–Kier alpha value is -0.810. The van der Waals surface area contributed by atoms with Crippen molar-refractivity contribution < 1.29 is 8.42 Å². The molecule has 0 saturated carbocycles. The second kappa shape index (κ2) is 3.28. The molecule has 0 amide bonds. The van der Waals surface area contributed by atoms with Crippen molar-refractivity contribution in [3.8, 4) is 0 Å². The van der Waals surface area contributed by atoms with Crippen LogP contribution in [0.4, 0.5) is 5.82 Å². The number of nitrogen functional groups attached to an aromatic ring is 1. The van der Waals surface area contributed by atoms with Crippen molar-refractivity contribution in [2.24, 2.45) is 0 Å². The first-order chi connectivity index (χ1) is 5.56. The molecule has 1 rings (SSSR count). The number of alkyl halides is 1. The van der Waals surface area contributed by atoms with Gasteiger partial charge in [-0.2, -0.15) is 0 Å². The predicted molar refractivity (Wildman–Crippen MR) is 46.6 cm³/mol. The van der Waals surface area contributed by atoms with Gasteiger partial charge in [0, 0.05) is 6.20 Å². The van der Waals surface area contributed by atoms with Crippen LogP contribution in [-0.4, -0.2) is 18.6 Å². The first kappa shape index (κ1) is 9.28. The SMILES string of the molecule is Nc1cc(S(=O)(=O)CCl)ccn1. The first-order valence-electron chi connectivity index (χ1n) is 3.06. The third kappa shape index (κ3) is 1.86. The maximum Gasteiger partial charge on any atom is 0.192 e. The van der Waals surface area contributed by atoms with Crippen LogP contribution in [0, 0.1) is 0 Å². The molecule has 1 aromatic heterocycles. The van der Waals surface area contributed by atoms with Gasteiger partial charge >= 0.3 is 0 Å². The number of hydrogen-bond acceptors (Lipinski definition) is 4. The molecule has 0 aliphatic heterocycles. The fourth-order valence-corrected chi connectivity index (χ4v) is 1.76. The lowest BCUT2D eigenvalue weighted by molar-refractivity contribution is 0.600. The van der Waals surface area contributed by atoms with E-state index in [4.69, 9.17) is 17.3 Å². The lowest BCUT2D eigenvalue weighted by atomic mass is 10.5. The topological polar surface area (TPSA) is 73.1 Å². The summed E-state index contributed by atoms with van der Waals surface area (Å²) in [6.07, 6.45) is 1.33. The van der Waals surface area contributed by atoms with Crippen LogP contribution in [0.15, 0.2) is 23.2 Å². The van der Waals surface area contributed by atoms with E-state index in [9.17, 15) is 8.42 Å². The predicted octanol–water partition coefficient (Wildman–Crippen LogP) is 0.634. The smallest absolute Gasteiger partial charge is 0.192 e. The zero-order valence-corrected chi connectivity index (χ0v) is 7.64. The molecule has 0 aromatic carbocycles.